The Labute approximate surface area is 140 Å². The molecule has 1 aromatic rings. The summed E-state index contributed by atoms with van der Waals surface area (Å²) >= 11 is 1.82. The van der Waals surface area contributed by atoms with Crippen molar-refractivity contribution in [3.63, 3.8) is 0 Å². The Morgan fingerprint density at radius 1 is 1.05 bits per heavy atom. The van der Waals surface area contributed by atoms with Gasteiger partial charge in [0, 0.05) is 43.7 Å². The molecular weight excluding hydrogens is 288 g/mol. The van der Waals surface area contributed by atoms with Crippen LogP contribution in [0.25, 0.3) is 0 Å². The fourth-order valence-electron chi connectivity index (χ4n) is 4.01. The zero-order valence-corrected chi connectivity index (χ0v) is 14.9. The van der Waals surface area contributed by atoms with E-state index < -0.39 is 0 Å². The van der Waals surface area contributed by atoms with Crippen LogP contribution in [-0.2, 0) is 6.54 Å². The van der Waals surface area contributed by atoms with Crippen LogP contribution in [0.15, 0.2) is 29.2 Å². The summed E-state index contributed by atoms with van der Waals surface area (Å²) in [7, 11) is 0. The van der Waals surface area contributed by atoms with Crippen molar-refractivity contribution in [2.24, 2.45) is 5.92 Å². The molecule has 1 aliphatic carbocycles. The Morgan fingerprint density at radius 3 is 2.41 bits per heavy atom. The first-order valence-corrected chi connectivity index (χ1v) is 10.1. The van der Waals surface area contributed by atoms with Gasteiger partial charge in [0.1, 0.15) is 0 Å². The van der Waals surface area contributed by atoms with E-state index >= 15 is 0 Å². The third kappa shape index (κ3) is 4.27. The van der Waals surface area contributed by atoms with Gasteiger partial charge in [-0.2, -0.15) is 0 Å². The summed E-state index contributed by atoms with van der Waals surface area (Å²) < 4.78 is 0. The Morgan fingerprint density at radius 2 is 1.77 bits per heavy atom. The number of rotatable bonds is 4. The summed E-state index contributed by atoms with van der Waals surface area (Å²) in [6.45, 7) is 8.54. The number of nitrogens with zero attached hydrogens (tertiary/aromatic N) is 2. The molecule has 0 N–H and O–H groups in total. The number of piperazine rings is 1. The van der Waals surface area contributed by atoms with E-state index in [0.29, 0.717) is 0 Å². The van der Waals surface area contributed by atoms with Crippen molar-refractivity contribution in [3.05, 3.63) is 29.8 Å². The molecule has 3 rings (SSSR count). The number of thioether (sulfide) groups is 1. The number of benzene rings is 1. The van der Waals surface area contributed by atoms with E-state index in [1.54, 1.807) is 0 Å². The fourth-order valence-corrected chi connectivity index (χ4v) is 4.42. The molecule has 1 saturated carbocycles. The molecule has 0 aromatic heterocycles. The molecule has 1 saturated heterocycles. The van der Waals surface area contributed by atoms with Gasteiger partial charge < -0.3 is 0 Å². The van der Waals surface area contributed by atoms with Crippen molar-refractivity contribution in [1.82, 2.24) is 9.80 Å². The number of hydrogen-bond donors (Lipinski definition) is 0. The molecule has 2 unspecified atom stereocenters. The lowest BCUT2D eigenvalue weighted by Crippen LogP contribution is -2.50. The molecule has 0 bridgehead atoms. The maximum absolute atomic E-state index is 2.77. The summed E-state index contributed by atoms with van der Waals surface area (Å²) in [5, 5.41) is 0. The highest BCUT2D eigenvalue weighted by molar-refractivity contribution is 7.98. The molecule has 2 fully saturated rings. The molecule has 2 aliphatic rings. The normalized spacial score (nSPS) is 27.9. The minimum atomic E-state index is 0.867. The second-order valence-corrected chi connectivity index (χ2v) is 7.97. The lowest BCUT2D eigenvalue weighted by molar-refractivity contribution is 0.0659. The third-order valence-electron chi connectivity index (χ3n) is 5.40. The minimum Gasteiger partial charge on any atom is -0.298 e. The molecular formula is C19H30N2S. The number of hydrogen-bond acceptors (Lipinski definition) is 3. The van der Waals surface area contributed by atoms with Gasteiger partial charge in [0.25, 0.3) is 0 Å². The minimum absolute atomic E-state index is 0.867. The van der Waals surface area contributed by atoms with E-state index in [0.717, 1.165) is 18.5 Å². The zero-order valence-electron chi connectivity index (χ0n) is 14.1. The fraction of sp³-hybridized carbons (Fsp3) is 0.684. The third-order valence-corrected chi connectivity index (χ3v) is 6.14. The molecule has 122 valence electrons. The van der Waals surface area contributed by atoms with Gasteiger partial charge in [-0.1, -0.05) is 31.9 Å². The second-order valence-electron chi connectivity index (χ2n) is 7.09. The van der Waals surface area contributed by atoms with Gasteiger partial charge >= 0.3 is 0 Å². The predicted molar refractivity (Wildman–Crippen MR) is 96.5 cm³/mol. The monoisotopic (exact) mass is 318 g/mol. The van der Waals surface area contributed by atoms with Gasteiger partial charge in [-0.3, -0.25) is 9.80 Å². The second kappa shape index (κ2) is 7.85. The average molecular weight is 319 g/mol. The smallest absolute Gasteiger partial charge is 0.0234 e. The van der Waals surface area contributed by atoms with Crippen LogP contribution < -0.4 is 0 Å². The Bertz CT molecular complexity index is 451. The van der Waals surface area contributed by atoms with Crippen LogP contribution in [0.3, 0.4) is 0 Å². The van der Waals surface area contributed by atoms with E-state index in [1.807, 2.05) is 11.8 Å². The van der Waals surface area contributed by atoms with Crippen LogP contribution in [0.4, 0.5) is 0 Å². The van der Waals surface area contributed by atoms with Crippen molar-refractivity contribution in [3.8, 4) is 0 Å². The van der Waals surface area contributed by atoms with Gasteiger partial charge in [-0.25, -0.2) is 0 Å². The average Bonchev–Trinajstić information content (AvgIpc) is 2.56. The first-order valence-electron chi connectivity index (χ1n) is 8.84. The van der Waals surface area contributed by atoms with Gasteiger partial charge in [0.2, 0.25) is 0 Å². The Kier molecular flexibility index (Phi) is 5.83. The zero-order chi connectivity index (χ0) is 15.4. The van der Waals surface area contributed by atoms with E-state index in [1.165, 1.54) is 62.3 Å². The van der Waals surface area contributed by atoms with Crippen LogP contribution in [0.2, 0.25) is 0 Å². The van der Waals surface area contributed by atoms with E-state index in [4.69, 9.17) is 0 Å². The molecule has 3 heteroatoms. The Balaban J connectivity index is 1.46. The van der Waals surface area contributed by atoms with Crippen LogP contribution in [-0.4, -0.2) is 48.3 Å². The summed E-state index contributed by atoms with van der Waals surface area (Å²) in [5.74, 6) is 0.937. The molecule has 2 atom stereocenters. The molecule has 22 heavy (non-hydrogen) atoms. The molecule has 1 aliphatic heterocycles. The largest absolute Gasteiger partial charge is 0.298 e. The van der Waals surface area contributed by atoms with E-state index in [-0.39, 0.29) is 0 Å². The molecule has 1 aromatic carbocycles. The van der Waals surface area contributed by atoms with Crippen LogP contribution >= 0.6 is 11.8 Å². The standard InChI is InChI=1S/C19H30N2S/c1-16-4-3-5-18(14-16)21-12-10-20(11-13-21)15-17-6-8-19(22-2)9-7-17/h6-9,16,18H,3-5,10-15H2,1-2H3. The highest BCUT2D eigenvalue weighted by Gasteiger charge is 2.27. The summed E-state index contributed by atoms with van der Waals surface area (Å²) in [6, 6.07) is 9.95. The van der Waals surface area contributed by atoms with Crippen LogP contribution in [0.5, 0.6) is 0 Å². The van der Waals surface area contributed by atoms with Gasteiger partial charge in [-0.05, 0) is 42.7 Å². The van der Waals surface area contributed by atoms with Crippen LogP contribution in [0.1, 0.15) is 38.2 Å². The quantitative estimate of drug-likeness (QED) is 0.772. The lowest BCUT2D eigenvalue weighted by Gasteiger charge is -2.42. The summed E-state index contributed by atoms with van der Waals surface area (Å²) in [4.78, 5) is 6.75. The molecule has 1 heterocycles. The highest BCUT2D eigenvalue weighted by atomic mass is 32.2. The van der Waals surface area contributed by atoms with E-state index in [2.05, 4.69) is 47.2 Å². The first kappa shape index (κ1) is 16.4. The topological polar surface area (TPSA) is 6.48 Å². The van der Waals surface area contributed by atoms with Crippen molar-refractivity contribution in [1.29, 1.82) is 0 Å². The molecule has 0 amide bonds. The van der Waals surface area contributed by atoms with E-state index in [9.17, 15) is 0 Å². The van der Waals surface area contributed by atoms with Crippen molar-refractivity contribution >= 4 is 11.8 Å². The molecule has 2 nitrogen and oxygen atoms in total. The van der Waals surface area contributed by atoms with Crippen molar-refractivity contribution in [2.45, 2.75) is 50.1 Å². The molecule has 0 spiro atoms. The maximum atomic E-state index is 2.77. The maximum Gasteiger partial charge on any atom is 0.0234 e. The SMILES string of the molecule is CSc1ccc(CN2CCN(C3CCCC(C)C3)CC2)cc1. The first-order chi connectivity index (χ1) is 10.7. The van der Waals surface area contributed by atoms with Crippen LogP contribution in [0, 0.1) is 5.92 Å². The predicted octanol–water partition coefficient (Wildman–Crippen LogP) is 4.10. The molecule has 0 radical (unpaired) electrons. The Hall–Kier alpha value is -0.510. The summed E-state index contributed by atoms with van der Waals surface area (Å²) in [6.07, 6.45) is 7.88. The van der Waals surface area contributed by atoms with Gasteiger partial charge in [-0.15, -0.1) is 11.8 Å². The van der Waals surface area contributed by atoms with Gasteiger partial charge in [0.15, 0.2) is 0 Å². The lowest BCUT2D eigenvalue weighted by atomic mass is 9.86. The van der Waals surface area contributed by atoms with Gasteiger partial charge in [0.05, 0.1) is 0 Å². The summed E-state index contributed by atoms with van der Waals surface area (Å²) in [5.41, 5.74) is 1.46. The van der Waals surface area contributed by atoms with Crippen molar-refractivity contribution < 1.29 is 0 Å². The van der Waals surface area contributed by atoms with Crippen molar-refractivity contribution in [2.75, 3.05) is 32.4 Å². The highest BCUT2D eigenvalue weighted by Crippen LogP contribution is 2.28.